The molecule has 0 radical (unpaired) electrons. The number of carboxylic acid groups (broad SMARTS) is 2. The van der Waals surface area contributed by atoms with Gasteiger partial charge in [0.05, 0.1) is 22.4 Å². The maximum Gasteiger partial charge on any atom is 0.279 e. The summed E-state index contributed by atoms with van der Waals surface area (Å²) in [5, 5.41) is 31.2. The van der Waals surface area contributed by atoms with Crippen molar-refractivity contribution in [2.75, 3.05) is 0 Å². The highest BCUT2D eigenvalue weighted by Gasteiger charge is 2.15. The van der Waals surface area contributed by atoms with Crippen molar-refractivity contribution < 1.29 is 24.7 Å². The van der Waals surface area contributed by atoms with Gasteiger partial charge in [-0.2, -0.15) is 0 Å². The fourth-order valence-electron chi connectivity index (χ4n) is 0.982. The molecule has 0 aromatic heterocycles. The van der Waals surface area contributed by atoms with E-state index in [9.17, 15) is 29.9 Å². The van der Waals surface area contributed by atoms with E-state index in [0.29, 0.717) is 6.07 Å². The number of nitrogens with zero attached hydrogens (tertiary/aromatic N) is 1. The van der Waals surface area contributed by atoms with E-state index in [1.54, 1.807) is 0 Å². The summed E-state index contributed by atoms with van der Waals surface area (Å²) >= 11 is 0. The summed E-state index contributed by atoms with van der Waals surface area (Å²) in [6.45, 7) is 0. The smallest absolute Gasteiger partial charge is 0.279 e. The second-order valence-electron chi connectivity index (χ2n) is 2.56. The molecule has 0 saturated carbocycles. The third kappa shape index (κ3) is 2.08. The second-order valence-corrected chi connectivity index (χ2v) is 2.56. The predicted molar refractivity (Wildman–Crippen MR) is 41.8 cm³/mol. The zero-order chi connectivity index (χ0) is 11.6. The quantitative estimate of drug-likeness (QED) is 0.432. The van der Waals surface area contributed by atoms with Gasteiger partial charge in [0.15, 0.2) is 0 Å². The SMILES string of the molecule is O=C([O-])c1ccc(C(=O)[O-])c([N+](=O)[O-])c1. The van der Waals surface area contributed by atoms with Crippen LogP contribution in [0.5, 0.6) is 0 Å². The summed E-state index contributed by atoms with van der Waals surface area (Å²) in [5.74, 6) is -3.37. The van der Waals surface area contributed by atoms with Gasteiger partial charge in [-0.25, -0.2) is 0 Å². The molecule has 1 aromatic carbocycles. The molecule has 0 fully saturated rings. The summed E-state index contributed by atoms with van der Waals surface area (Å²) in [7, 11) is 0. The van der Waals surface area contributed by atoms with Crippen molar-refractivity contribution in [3.63, 3.8) is 0 Å². The molecule has 7 nitrogen and oxygen atoms in total. The van der Waals surface area contributed by atoms with Gasteiger partial charge in [-0.3, -0.25) is 10.1 Å². The van der Waals surface area contributed by atoms with Crippen molar-refractivity contribution in [3.05, 3.63) is 39.4 Å². The minimum Gasteiger partial charge on any atom is -0.545 e. The number of aromatic carboxylic acids is 2. The molecule has 0 amide bonds. The maximum absolute atomic E-state index is 10.4. The number of hydrogen-bond donors (Lipinski definition) is 0. The maximum atomic E-state index is 10.4. The molecule has 0 aliphatic carbocycles. The molecule has 0 unspecified atom stereocenters. The van der Waals surface area contributed by atoms with Crippen molar-refractivity contribution in [2.45, 2.75) is 0 Å². The molecule has 0 saturated heterocycles. The Bertz CT molecular complexity index is 452. The number of benzene rings is 1. The lowest BCUT2D eigenvalue weighted by molar-refractivity contribution is -0.386. The summed E-state index contributed by atoms with van der Waals surface area (Å²) in [4.78, 5) is 30.2. The minimum atomic E-state index is -1.74. The Morgan fingerprint density at radius 1 is 1.13 bits per heavy atom. The van der Waals surface area contributed by atoms with E-state index >= 15 is 0 Å². The lowest BCUT2D eigenvalue weighted by Gasteiger charge is -2.06. The Labute approximate surface area is 82.7 Å². The fourth-order valence-corrected chi connectivity index (χ4v) is 0.982. The number of hydrogen-bond acceptors (Lipinski definition) is 6. The van der Waals surface area contributed by atoms with E-state index in [-0.39, 0.29) is 0 Å². The first-order chi connectivity index (χ1) is 6.93. The highest BCUT2D eigenvalue weighted by molar-refractivity contribution is 5.94. The van der Waals surface area contributed by atoms with E-state index < -0.39 is 33.7 Å². The topological polar surface area (TPSA) is 123 Å². The van der Waals surface area contributed by atoms with Gasteiger partial charge in [-0.05, 0) is 6.07 Å². The Balaban J connectivity index is 3.40. The fraction of sp³-hybridized carbons (Fsp3) is 0. The molecule has 0 aliphatic rings. The van der Waals surface area contributed by atoms with Crippen LogP contribution in [-0.2, 0) is 0 Å². The molecule has 0 atom stereocenters. The van der Waals surface area contributed by atoms with E-state index in [2.05, 4.69) is 0 Å². The van der Waals surface area contributed by atoms with E-state index in [1.807, 2.05) is 0 Å². The number of carboxylic acids is 2. The van der Waals surface area contributed by atoms with Crippen molar-refractivity contribution in [3.8, 4) is 0 Å². The van der Waals surface area contributed by atoms with Gasteiger partial charge in [0.25, 0.3) is 5.69 Å². The molecule has 7 heteroatoms. The van der Waals surface area contributed by atoms with Crippen molar-refractivity contribution >= 4 is 17.6 Å². The van der Waals surface area contributed by atoms with Gasteiger partial charge in [-0.15, -0.1) is 0 Å². The standard InChI is InChI=1S/C8H5NO6/c10-7(11)4-1-2-5(8(12)13)6(3-4)9(14)15/h1-3H,(H,10,11)(H,12,13)/p-2. The van der Waals surface area contributed by atoms with Gasteiger partial charge in [0.2, 0.25) is 0 Å². The molecule has 0 heterocycles. The highest BCUT2D eigenvalue weighted by Crippen LogP contribution is 2.19. The molecular formula is C8H3NO6-2. The molecular weight excluding hydrogens is 206 g/mol. The molecule has 0 aliphatic heterocycles. The van der Waals surface area contributed by atoms with Crippen LogP contribution in [0.3, 0.4) is 0 Å². The molecule has 0 bridgehead atoms. The van der Waals surface area contributed by atoms with Crippen LogP contribution in [0.4, 0.5) is 5.69 Å². The second kappa shape index (κ2) is 3.74. The first kappa shape index (κ1) is 10.6. The summed E-state index contributed by atoms with van der Waals surface area (Å²) < 4.78 is 0. The van der Waals surface area contributed by atoms with Gasteiger partial charge in [0, 0.05) is 11.6 Å². The molecule has 15 heavy (non-hydrogen) atoms. The lowest BCUT2D eigenvalue weighted by atomic mass is 10.1. The van der Waals surface area contributed by atoms with Crippen LogP contribution >= 0.6 is 0 Å². The van der Waals surface area contributed by atoms with Crippen LogP contribution in [-0.4, -0.2) is 16.9 Å². The van der Waals surface area contributed by atoms with Crippen LogP contribution in [0.15, 0.2) is 18.2 Å². The van der Waals surface area contributed by atoms with Crippen LogP contribution in [0, 0.1) is 10.1 Å². The van der Waals surface area contributed by atoms with Gasteiger partial charge in [0.1, 0.15) is 0 Å². The van der Waals surface area contributed by atoms with Crippen LogP contribution < -0.4 is 10.2 Å². The van der Waals surface area contributed by atoms with Gasteiger partial charge >= 0.3 is 0 Å². The van der Waals surface area contributed by atoms with Crippen LogP contribution in [0.25, 0.3) is 0 Å². The number of nitro groups is 1. The Hall–Kier alpha value is -2.44. The van der Waals surface area contributed by atoms with Crippen molar-refractivity contribution in [1.29, 1.82) is 0 Å². The van der Waals surface area contributed by atoms with Gasteiger partial charge in [-0.1, -0.05) is 6.07 Å². The largest absolute Gasteiger partial charge is 0.545 e. The highest BCUT2D eigenvalue weighted by atomic mass is 16.6. The first-order valence-corrected chi connectivity index (χ1v) is 3.64. The van der Waals surface area contributed by atoms with E-state index in [1.165, 1.54) is 0 Å². The zero-order valence-corrected chi connectivity index (χ0v) is 7.13. The summed E-state index contributed by atoms with van der Waals surface area (Å²) in [6, 6.07) is 2.30. The van der Waals surface area contributed by atoms with E-state index in [4.69, 9.17) is 0 Å². The minimum absolute atomic E-state index is 0.466. The van der Waals surface area contributed by atoms with Crippen molar-refractivity contribution in [1.82, 2.24) is 0 Å². The van der Waals surface area contributed by atoms with E-state index in [0.717, 1.165) is 12.1 Å². The molecule has 78 valence electrons. The van der Waals surface area contributed by atoms with Gasteiger partial charge < -0.3 is 19.8 Å². The van der Waals surface area contributed by atoms with Crippen LogP contribution in [0.1, 0.15) is 20.7 Å². The first-order valence-electron chi connectivity index (χ1n) is 3.64. The monoisotopic (exact) mass is 209 g/mol. The predicted octanol–water partition coefficient (Wildman–Crippen LogP) is -1.68. The zero-order valence-electron chi connectivity index (χ0n) is 7.13. The Morgan fingerprint density at radius 2 is 1.73 bits per heavy atom. The summed E-state index contributed by atoms with van der Waals surface area (Å²) in [6.07, 6.45) is 0. The normalized spacial score (nSPS) is 9.60. The number of rotatable bonds is 3. The average Bonchev–Trinajstić information content (AvgIpc) is 2.16. The molecule has 0 N–H and O–H groups in total. The number of nitro benzene ring substituents is 1. The Morgan fingerprint density at radius 3 is 2.13 bits per heavy atom. The Kier molecular flexibility index (Phi) is 2.65. The molecule has 1 rings (SSSR count). The van der Waals surface area contributed by atoms with Crippen molar-refractivity contribution in [2.24, 2.45) is 0 Å². The third-order valence-corrected chi connectivity index (χ3v) is 1.65. The van der Waals surface area contributed by atoms with Crippen LogP contribution in [0.2, 0.25) is 0 Å². The third-order valence-electron chi connectivity index (χ3n) is 1.65. The molecule has 1 aromatic rings. The number of carbonyl (C=O) groups excluding carboxylic acids is 2. The lowest BCUT2D eigenvalue weighted by Crippen LogP contribution is -2.25. The summed E-state index contributed by atoms with van der Waals surface area (Å²) in [5.41, 5.74) is -1.98. The molecule has 0 spiro atoms. The number of carbonyl (C=O) groups is 2. The average molecular weight is 209 g/mol.